The number of hydrogen-bond donors (Lipinski definition) is 0. The van der Waals surface area contributed by atoms with E-state index in [1.165, 1.54) is 0 Å². The van der Waals surface area contributed by atoms with Gasteiger partial charge in [-0.2, -0.15) is 0 Å². The van der Waals surface area contributed by atoms with Crippen LogP contribution in [0.15, 0.2) is 24.3 Å². The number of carbonyl (C=O) groups is 2. The number of rotatable bonds is 5. The number of likely N-dealkylation sites (tertiary alicyclic amines) is 1. The van der Waals surface area contributed by atoms with Gasteiger partial charge in [-0.15, -0.1) is 0 Å². The zero-order valence-electron chi connectivity index (χ0n) is 14.8. The van der Waals surface area contributed by atoms with Gasteiger partial charge in [0.15, 0.2) is 0 Å². The summed E-state index contributed by atoms with van der Waals surface area (Å²) in [7, 11) is 0. The monoisotopic (exact) mass is 363 g/mol. The highest BCUT2D eigenvalue weighted by Gasteiger charge is 2.36. The number of piperazine rings is 1. The smallest absolute Gasteiger partial charge is 0.228 e. The number of benzene rings is 1. The van der Waals surface area contributed by atoms with Crippen molar-refractivity contribution in [1.29, 1.82) is 0 Å². The van der Waals surface area contributed by atoms with Crippen molar-refractivity contribution in [2.24, 2.45) is 5.92 Å². The average molecular weight is 364 g/mol. The summed E-state index contributed by atoms with van der Waals surface area (Å²) in [5.74, 6) is 0.101. The molecule has 1 unspecified atom stereocenters. The molecule has 0 spiro atoms. The summed E-state index contributed by atoms with van der Waals surface area (Å²) in [5, 5.41) is 0.729. The van der Waals surface area contributed by atoms with E-state index in [0.717, 1.165) is 43.2 Å². The molecule has 136 valence electrons. The van der Waals surface area contributed by atoms with Gasteiger partial charge in [0.1, 0.15) is 0 Å². The molecular formula is C19H26ClN3O2. The Bertz CT molecular complexity index is 629. The predicted octanol–water partition coefficient (Wildman–Crippen LogP) is 2.64. The third-order valence-corrected chi connectivity index (χ3v) is 5.35. The van der Waals surface area contributed by atoms with Crippen molar-refractivity contribution in [3.8, 4) is 0 Å². The van der Waals surface area contributed by atoms with Crippen LogP contribution in [-0.2, 0) is 9.59 Å². The van der Waals surface area contributed by atoms with E-state index in [1.807, 2.05) is 34.1 Å². The maximum absolute atomic E-state index is 12.8. The largest absolute Gasteiger partial charge is 0.368 e. The summed E-state index contributed by atoms with van der Waals surface area (Å²) in [6, 6.07) is 7.82. The van der Waals surface area contributed by atoms with Crippen LogP contribution in [0.5, 0.6) is 0 Å². The lowest BCUT2D eigenvalue weighted by molar-refractivity contribution is -0.136. The average Bonchev–Trinajstić information content (AvgIpc) is 3.00. The molecule has 5 nitrogen and oxygen atoms in total. The van der Waals surface area contributed by atoms with Crippen LogP contribution in [0, 0.1) is 5.92 Å². The SMILES string of the molecule is CCCCN1CC(C(=O)N2CCN(c3cccc(Cl)c3)CC2)CC1=O. The summed E-state index contributed by atoms with van der Waals surface area (Å²) in [6.45, 7) is 6.48. The van der Waals surface area contributed by atoms with Gasteiger partial charge < -0.3 is 14.7 Å². The molecule has 0 radical (unpaired) electrons. The number of halogens is 1. The first-order valence-electron chi connectivity index (χ1n) is 9.15. The summed E-state index contributed by atoms with van der Waals surface area (Å²) >= 11 is 6.06. The van der Waals surface area contributed by atoms with Gasteiger partial charge in [-0.25, -0.2) is 0 Å². The van der Waals surface area contributed by atoms with Crippen LogP contribution in [-0.4, -0.2) is 60.9 Å². The van der Waals surface area contributed by atoms with Crippen LogP contribution in [0.25, 0.3) is 0 Å². The fourth-order valence-corrected chi connectivity index (χ4v) is 3.80. The molecule has 0 aliphatic carbocycles. The molecule has 1 atom stereocenters. The van der Waals surface area contributed by atoms with Gasteiger partial charge >= 0.3 is 0 Å². The summed E-state index contributed by atoms with van der Waals surface area (Å²) < 4.78 is 0. The van der Waals surface area contributed by atoms with Crippen LogP contribution in [0.2, 0.25) is 5.02 Å². The van der Waals surface area contributed by atoms with Crippen LogP contribution in [0.1, 0.15) is 26.2 Å². The van der Waals surface area contributed by atoms with Crippen molar-refractivity contribution >= 4 is 29.1 Å². The van der Waals surface area contributed by atoms with Crippen molar-refractivity contribution in [1.82, 2.24) is 9.80 Å². The maximum Gasteiger partial charge on any atom is 0.228 e. The number of carbonyl (C=O) groups excluding carboxylic acids is 2. The molecule has 2 amide bonds. The molecule has 6 heteroatoms. The van der Waals surface area contributed by atoms with E-state index in [2.05, 4.69) is 11.8 Å². The Hall–Kier alpha value is -1.75. The normalized spacial score (nSPS) is 21.1. The number of unbranched alkanes of at least 4 members (excludes halogenated alkanes) is 1. The fraction of sp³-hybridized carbons (Fsp3) is 0.579. The Kier molecular flexibility index (Phi) is 5.84. The molecule has 2 aliphatic rings. The highest BCUT2D eigenvalue weighted by atomic mass is 35.5. The maximum atomic E-state index is 12.8. The fourth-order valence-electron chi connectivity index (χ4n) is 3.62. The second kappa shape index (κ2) is 8.09. The molecule has 1 aromatic carbocycles. The highest BCUT2D eigenvalue weighted by molar-refractivity contribution is 6.30. The van der Waals surface area contributed by atoms with Gasteiger partial charge in [0.25, 0.3) is 0 Å². The first-order chi connectivity index (χ1) is 12.1. The zero-order valence-corrected chi connectivity index (χ0v) is 15.5. The van der Waals surface area contributed by atoms with E-state index in [1.54, 1.807) is 0 Å². The first-order valence-corrected chi connectivity index (χ1v) is 9.53. The van der Waals surface area contributed by atoms with Crippen molar-refractivity contribution in [2.45, 2.75) is 26.2 Å². The van der Waals surface area contributed by atoms with E-state index >= 15 is 0 Å². The minimum atomic E-state index is -0.165. The molecule has 2 saturated heterocycles. The second-order valence-electron chi connectivity index (χ2n) is 6.89. The van der Waals surface area contributed by atoms with Crippen LogP contribution in [0.3, 0.4) is 0 Å². The van der Waals surface area contributed by atoms with Crippen molar-refractivity contribution in [3.63, 3.8) is 0 Å². The van der Waals surface area contributed by atoms with E-state index in [4.69, 9.17) is 11.6 Å². The number of nitrogens with zero attached hydrogens (tertiary/aromatic N) is 3. The third-order valence-electron chi connectivity index (χ3n) is 5.11. The Balaban J connectivity index is 1.53. The van der Waals surface area contributed by atoms with Gasteiger partial charge in [0.2, 0.25) is 11.8 Å². The van der Waals surface area contributed by atoms with Gasteiger partial charge in [-0.1, -0.05) is 31.0 Å². The standard InChI is InChI=1S/C19H26ClN3O2/c1-2-3-7-23-14-15(12-18(23)24)19(25)22-10-8-21(9-11-22)17-6-4-5-16(20)13-17/h4-6,13,15H,2-3,7-12,14H2,1H3. The summed E-state index contributed by atoms with van der Waals surface area (Å²) in [4.78, 5) is 30.9. The van der Waals surface area contributed by atoms with Gasteiger partial charge in [0.05, 0.1) is 5.92 Å². The van der Waals surface area contributed by atoms with Crippen molar-refractivity contribution in [3.05, 3.63) is 29.3 Å². The molecule has 25 heavy (non-hydrogen) atoms. The zero-order chi connectivity index (χ0) is 17.8. The molecule has 0 aromatic heterocycles. The molecule has 0 N–H and O–H groups in total. The number of hydrogen-bond acceptors (Lipinski definition) is 3. The van der Waals surface area contributed by atoms with E-state index in [0.29, 0.717) is 26.1 Å². The molecular weight excluding hydrogens is 338 g/mol. The Morgan fingerprint density at radius 1 is 1.24 bits per heavy atom. The van der Waals surface area contributed by atoms with Crippen LogP contribution >= 0.6 is 11.6 Å². The highest BCUT2D eigenvalue weighted by Crippen LogP contribution is 2.24. The van der Waals surface area contributed by atoms with E-state index < -0.39 is 0 Å². The molecule has 2 fully saturated rings. The third kappa shape index (κ3) is 4.27. The molecule has 0 saturated carbocycles. The van der Waals surface area contributed by atoms with E-state index in [9.17, 15) is 9.59 Å². The predicted molar refractivity (Wildman–Crippen MR) is 99.8 cm³/mol. The van der Waals surface area contributed by atoms with Crippen LogP contribution < -0.4 is 4.90 Å². The lowest BCUT2D eigenvalue weighted by Crippen LogP contribution is -2.50. The van der Waals surface area contributed by atoms with Gasteiger partial charge in [-0.3, -0.25) is 9.59 Å². The van der Waals surface area contributed by atoms with Crippen molar-refractivity contribution in [2.75, 3.05) is 44.2 Å². The summed E-state index contributed by atoms with van der Waals surface area (Å²) in [6.07, 6.45) is 2.44. The molecule has 2 aliphatic heterocycles. The summed E-state index contributed by atoms with van der Waals surface area (Å²) in [5.41, 5.74) is 1.10. The first kappa shape index (κ1) is 18.1. The minimum Gasteiger partial charge on any atom is -0.368 e. The van der Waals surface area contributed by atoms with Gasteiger partial charge in [-0.05, 0) is 24.6 Å². The lowest BCUT2D eigenvalue weighted by Gasteiger charge is -2.37. The van der Waals surface area contributed by atoms with Crippen molar-refractivity contribution < 1.29 is 9.59 Å². The van der Waals surface area contributed by atoms with Gasteiger partial charge in [0, 0.05) is 56.4 Å². The topological polar surface area (TPSA) is 43.9 Å². The molecule has 0 bridgehead atoms. The lowest BCUT2D eigenvalue weighted by atomic mass is 10.1. The van der Waals surface area contributed by atoms with Crippen LogP contribution in [0.4, 0.5) is 5.69 Å². The number of amides is 2. The second-order valence-corrected chi connectivity index (χ2v) is 7.32. The Morgan fingerprint density at radius 2 is 2.00 bits per heavy atom. The Morgan fingerprint density at radius 3 is 2.68 bits per heavy atom. The molecule has 2 heterocycles. The Labute approximate surface area is 154 Å². The number of anilines is 1. The minimum absolute atomic E-state index is 0.129. The molecule has 1 aromatic rings. The quantitative estimate of drug-likeness (QED) is 0.807. The van der Waals surface area contributed by atoms with E-state index in [-0.39, 0.29) is 17.7 Å². The molecule has 3 rings (SSSR count).